The van der Waals surface area contributed by atoms with Crippen molar-refractivity contribution in [2.45, 2.75) is 18.9 Å². The molecule has 0 spiro atoms. The summed E-state index contributed by atoms with van der Waals surface area (Å²) < 4.78 is 32.1. The molecule has 0 aliphatic carbocycles. The number of carbonyl (C=O) groups excluding carboxylic acids is 1. The first-order valence-corrected chi connectivity index (χ1v) is 9.81. The number of nitriles is 1. The fraction of sp³-hybridized carbons (Fsp3) is 0.227. The Kier molecular flexibility index (Phi) is 6.90. The van der Waals surface area contributed by atoms with Gasteiger partial charge in [0, 0.05) is 30.8 Å². The van der Waals surface area contributed by atoms with E-state index < -0.39 is 17.5 Å². The molecule has 10 heteroatoms. The van der Waals surface area contributed by atoms with Crippen LogP contribution in [0.5, 0.6) is 11.5 Å². The Morgan fingerprint density at radius 1 is 1.19 bits per heavy atom. The largest absolute Gasteiger partial charge is 0.457 e. The third kappa shape index (κ3) is 5.31. The average molecular weight is 440 g/mol. The van der Waals surface area contributed by atoms with E-state index in [2.05, 4.69) is 11.5 Å². The minimum absolute atomic E-state index is 0.0563. The summed E-state index contributed by atoms with van der Waals surface area (Å²) >= 11 is 0. The van der Waals surface area contributed by atoms with Gasteiger partial charge in [-0.3, -0.25) is 10.2 Å². The van der Waals surface area contributed by atoms with Gasteiger partial charge in [0.15, 0.2) is 17.8 Å². The van der Waals surface area contributed by atoms with Gasteiger partial charge in [-0.05, 0) is 37.1 Å². The number of benzene rings is 2. The summed E-state index contributed by atoms with van der Waals surface area (Å²) in [5.74, 6) is -2.69. The van der Waals surface area contributed by atoms with Crippen molar-refractivity contribution >= 4 is 11.6 Å². The van der Waals surface area contributed by atoms with Gasteiger partial charge < -0.3 is 26.4 Å². The van der Waals surface area contributed by atoms with Crippen LogP contribution >= 0.6 is 0 Å². The zero-order valence-electron chi connectivity index (χ0n) is 17.1. The molecule has 6 N–H and O–H groups in total. The molecule has 1 unspecified atom stereocenters. The molecule has 1 heterocycles. The fourth-order valence-corrected chi connectivity index (χ4v) is 3.40. The van der Waals surface area contributed by atoms with Gasteiger partial charge in [-0.1, -0.05) is 12.1 Å². The maximum absolute atomic E-state index is 13.4. The summed E-state index contributed by atoms with van der Waals surface area (Å²) in [4.78, 5) is 13.7. The molecule has 2 aromatic carbocycles. The van der Waals surface area contributed by atoms with E-state index >= 15 is 0 Å². The Hall–Kier alpha value is -4.13. The average Bonchev–Trinajstić information content (AvgIpc) is 2.76. The van der Waals surface area contributed by atoms with Gasteiger partial charge >= 0.3 is 0 Å². The van der Waals surface area contributed by atoms with Gasteiger partial charge in [-0.25, -0.2) is 8.78 Å². The topological polar surface area (TPSA) is 141 Å². The lowest BCUT2D eigenvalue weighted by atomic mass is 10.0. The first-order valence-electron chi connectivity index (χ1n) is 9.81. The number of halogens is 2. The van der Waals surface area contributed by atoms with Crippen LogP contribution in [0.1, 0.15) is 18.4 Å². The van der Waals surface area contributed by atoms with Crippen molar-refractivity contribution in [2.75, 3.05) is 13.1 Å². The molecule has 3 rings (SSSR count). The van der Waals surface area contributed by atoms with E-state index in [4.69, 9.17) is 26.9 Å². The highest BCUT2D eigenvalue weighted by Crippen LogP contribution is 2.25. The van der Waals surface area contributed by atoms with Crippen LogP contribution in [0, 0.1) is 28.5 Å². The van der Waals surface area contributed by atoms with Crippen LogP contribution in [0.15, 0.2) is 53.9 Å². The number of ether oxygens (including phenoxy) is 1. The van der Waals surface area contributed by atoms with Crippen molar-refractivity contribution < 1.29 is 18.3 Å². The molecular weight excluding hydrogens is 418 g/mol. The second-order valence-corrected chi connectivity index (χ2v) is 7.26. The number of primary amides is 1. The van der Waals surface area contributed by atoms with Crippen molar-refractivity contribution in [1.82, 2.24) is 10.2 Å². The van der Waals surface area contributed by atoms with E-state index in [1.54, 1.807) is 23.1 Å². The number of piperidine rings is 1. The Labute approximate surface area is 183 Å². The van der Waals surface area contributed by atoms with Gasteiger partial charge in [-0.15, -0.1) is 0 Å². The van der Waals surface area contributed by atoms with Crippen LogP contribution in [-0.4, -0.2) is 35.7 Å². The number of nitrogens with two attached hydrogens (primary N) is 2. The highest BCUT2D eigenvalue weighted by Gasteiger charge is 2.23. The molecule has 1 atom stereocenters. The molecule has 1 amide bonds. The maximum atomic E-state index is 13.4. The van der Waals surface area contributed by atoms with E-state index in [1.165, 1.54) is 12.1 Å². The predicted molar refractivity (Wildman–Crippen MR) is 113 cm³/mol. The van der Waals surface area contributed by atoms with Gasteiger partial charge in [0.05, 0.1) is 5.71 Å². The Balaban J connectivity index is 1.82. The van der Waals surface area contributed by atoms with Crippen molar-refractivity contribution in [1.29, 1.82) is 10.7 Å². The number of rotatable bonds is 7. The van der Waals surface area contributed by atoms with E-state index in [1.807, 2.05) is 0 Å². The molecule has 0 saturated carbocycles. The Morgan fingerprint density at radius 2 is 1.94 bits per heavy atom. The lowest BCUT2D eigenvalue weighted by Crippen LogP contribution is -2.46. The maximum Gasteiger partial charge on any atom is 0.254 e. The standard InChI is InChI=1S/C22H22F2N6O2/c23-17-7-6-16(10-18(17)24)32-15-5-1-3-13(9-15)20(26)19(22(28)31)21(27)29-14-4-2-8-30(11-14)12-25/h1,3,5-7,9-10,14,26,29H,2,4,8,11,27H2,(H2,28,31)/b21-19+,26-20?. The minimum atomic E-state index is -1.05. The van der Waals surface area contributed by atoms with E-state index in [-0.39, 0.29) is 40.2 Å². The smallest absolute Gasteiger partial charge is 0.254 e. The van der Waals surface area contributed by atoms with E-state index in [0.717, 1.165) is 25.0 Å². The van der Waals surface area contributed by atoms with Gasteiger partial charge in [0.2, 0.25) is 0 Å². The molecular formula is C22H22F2N6O2. The minimum Gasteiger partial charge on any atom is -0.457 e. The van der Waals surface area contributed by atoms with Gasteiger partial charge in [-0.2, -0.15) is 5.26 Å². The Bertz CT molecular complexity index is 1110. The van der Waals surface area contributed by atoms with Gasteiger partial charge in [0.25, 0.3) is 5.91 Å². The van der Waals surface area contributed by atoms with Crippen LogP contribution in [0.3, 0.4) is 0 Å². The first-order chi connectivity index (χ1) is 15.3. The first kappa shape index (κ1) is 22.6. The normalized spacial score (nSPS) is 16.5. The molecule has 32 heavy (non-hydrogen) atoms. The zero-order chi connectivity index (χ0) is 23.3. The lowest BCUT2D eigenvalue weighted by molar-refractivity contribution is -0.114. The highest BCUT2D eigenvalue weighted by molar-refractivity contribution is 6.26. The summed E-state index contributed by atoms with van der Waals surface area (Å²) in [5.41, 5.74) is 11.4. The van der Waals surface area contributed by atoms with Crippen LogP contribution < -0.4 is 21.5 Å². The van der Waals surface area contributed by atoms with Gasteiger partial charge in [0.1, 0.15) is 22.9 Å². The zero-order valence-corrected chi connectivity index (χ0v) is 17.1. The monoisotopic (exact) mass is 440 g/mol. The molecule has 0 aromatic heterocycles. The van der Waals surface area contributed by atoms with Crippen LogP contribution in [0.4, 0.5) is 8.78 Å². The molecule has 0 radical (unpaired) electrons. The summed E-state index contributed by atoms with van der Waals surface area (Å²) in [6.45, 7) is 1.08. The second-order valence-electron chi connectivity index (χ2n) is 7.26. The summed E-state index contributed by atoms with van der Waals surface area (Å²) in [6.07, 6.45) is 3.61. The highest BCUT2D eigenvalue weighted by atomic mass is 19.2. The van der Waals surface area contributed by atoms with Crippen LogP contribution in [0.2, 0.25) is 0 Å². The van der Waals surface area contributed by atoms with Crippen LogP contribution in [0.25, 0.3) is 0 Å². The lowest BCUT2D eigenvalue weighted by Gasteiger charge is -2.30. The van der Waals surface area contributed by atoms with E-state index in [9.17, 15) is 13.6 Å². The SMILES string of the molecule is N#CN1CCCC(N/C(N)=C(\C(=N)c2cccc(Oc3ccc(F)c(F)c3)c2)C(N)=O)C1. The number of hydrogen-bond acceptors (Lipinski definition) is 7. The molecule has 0 bridgehead atoms. The number of carbonyl (C=O) groups is 1. The molecule has 2 aromatic rings. The summed E-state index contributed by atoms with van der Waals surface area (Å²) in [6, 6.07) is 9.09. The van der Waals surface area contributed by atoms with Crippen molar-refractivity contribution in [3.63, 3.8) is 0 Å². The molecule has 8 nitrogen and oxygen atoms in total. The van der Waals surface area contributed by atoms with Crippen molar-refractivity contribution in [3.8, 4) is 17.7 Å². The molecule has 1 saturated heterocycles. The number of nitrogens with zero attached hydrogens (tertiary/aromatic N) is 2. The summed E-state index contributed by atoms with van der Waals surface area (Å²) in [5, 5.41) is 20.6. The second kappa shape index (κ2) is 9.78. The third-order valence-electron chi connectivity index (χ3n) is 4.94. The van der Waals surface area contributed by atoms with E-state index in [0.29, 0.717) is 13.1 Å². The fourth-order valence-electron chi connectivity index (χ4n) is 3.40. The number of likely N-dealkylation sites (tertiary alicyclic amines) is 1. The number of amides is 1. The van der Waals surface area contributed by atoms with Crippen molar-refractivity contribution in [2.24, 2.45) is 11.5 Å². The molecule has 166 valence electrons. The summed E-state index contributed by atoms with van der Waals surface area (Å²) in [7, 11) is 0. The quantitative estimate of drug-likeness (QED) is 0.296. The predicted octanol–water partition coefficient (Wildman–Crippen LogP) is 2.32. The number of hydrogen-bond donors (Lipinski definition) is 4. The number of nitrogens with one attached hydrogen (secondary N) is 2. The molecule has 1 aliphatic heterocycles. The van der Waals surface area contributed by atoms with Crippen molar-refractivity contribution in [3.05, 3.63) is 71.1 Å². The molecule has 1 aliphatic rings. The molecule has 1 fully saturated rings. The van der Waals surface area contributed by atoms with Crippen LogP contribution in [-0.2, 0) is 4.79 Å². The Morgan fingerprint density at radius 3 is 2.62 bits per heavy atom. The third-order valence-corrected chi connectivity index (χ3v) is 4.94.